The molecular formula is C28H22F7N3O3S2. The molecule has 2 atom stereocenters. The van der Waals surface area contributed by atoms with Crippen molar-refractivity contribution in [3.8, 4) is 21.7 Å². The van der Waals surface area contributed by atoms with E-state index >= 15 is 0 Å². The normalized spacial score (nSPS) is 17.7. The molecule has 3 aromatic carbocycles. The number of alkyl halides is 6. The third kappa shape index (κ3) is 6.78. The fraction of sp³-hybridized carbons (Fsp3) is 0.250. The topological polar surface area (TPSA) is 94.3 Å². The van der Waals surface area contributed by atoms with E-state index < -0.39 is 50.6 Å². The summed E-state index contributed by atoms with van der Waals surface area (Å²) < 4.78 is 127. The van der Waals surface area contributed by atoms with Gasteiger partial charge in [0.2, 0.25) is 0 Å². The second-order valence-electron chi connectivity index (χ2n) is 9.83. The lowest BCUT2D eigenvalue weighted by Gasteiger charge is -2.15. The van der Waals surface area contributed by atoms with E-state index in [1.807, 2.05) is 0 Å². The summed E-state index contributed by atoms with van der Waals surface area (Å²) in [6.45, 7) is 0. The first-order chi connectivity index (χ1) is 20.1. The minimum absolute atomic E-state index is 0.0895. The van der Waals surface area contributed by atoms with Crippen LogP contribution in [0.5, 0.6) is 0 Å². The second-order valence-corrected chi connectivity index (χ2v) is 12.5. The van der Waals surface area contributed by atoms with Crippen LogP contribution in [-0.2, 0) is 20.9 Å². The van der Waals surface area contributed by atoms with Crippen molar-refractivity contribution in [2.24, 2.45) is 0 Å². The van der Waals surface area contributed by atoms with E-state index in [9.17, 15) is 39.2 Å². The number of hydrogen-bond donors (Lipinski definition) is 2. The summed E-state index contributed by atoms with van der Waals surface area (Å²) >= 11 is 0.722. The molecule has 15 heteroatoms. The number of hydrogen-bond acceptors (Lipinski definition) is 6. The van der Waals surface area contributed by atoms with Crippen LogP contribution in [0.3, 0.4) is 0 Å². The van der Waals surface area contributed by atoms with Gasteiger partial charge < -0.3 is 5.73 Å². The standard InChI is InChI=1S/C28H22F7N3O3S2/c29-23-21(36)9-4-10-22(23)43(39,40)38-26-37-24(19-7-1-2-8-20(19)27(30,31)32)25(42-26)17-6-3-5-15(13-17)16-11-12-18(14-16)41-28(33,34)35/h1-10,13,16,18H,11-12,14,36H2,(H,37,38)/t16-,18-/m1/s1. The molecule has 0 radical (unpaired) electrons. The first kappa shape index (κ1) is 30.8. The SMILES string of the molecule is Nc1cccc(S(=O)(=O)Nc2nc(-c3ccccc3C(F)(F)F)c(-c3cccc([C@@H]4CC[C@@H](OC(F)(F)F)C4)c3)s2)c1F. The van der Waals surface area contributed by atoms with Gasteiger partial charge in [0.25, 0.3) is 10.0 Å². The number of nitrogens with two attached hydrogens (primary N) is 1. The van der Waals surface area contributed by atoms with Crippen LogP contribution in [0.25, 0.3) is 21.7 Å². The molecule has 1 aliphatic rings. The average Bonchev–Trinajstić information content (AvgIpc) is 3.55. The number of rotatable bonds is 7. The van der Waals surface area contributed by atoms with Crippen molar-refractivity contribution in [3.05, 3.63) is 83.7 Å². The zero-order chi connectivity index (χ0) is 31.2. The number of aromatic nitrogens is 1. The number of benzene rings is 3. The molecule has 5 rings (SSSR count). The van der Waals surface area contributed by atoms with Crippen LogP contribution in [-0.4, -0.2) is 25.9 Å². The average molecular weight is 646 g/mol. The lowest BCUT2D eigenvalue weighted by molar-refractivity contribution is -0.341. The number of nitrogen functional groups attached to an aromatic ring is 1. The Morgan fingerprint density at radius 1 is 0.953 bits per heavy atom. The Morgan fingerprint density at radius 2 is 1.67 bits per heavy atom. The summed E-state index contributed by atoms with van der Waals surface area (Å²) in [5.41, 5.74) is 4.55. The van der Waals surface area contributed by atoms with Crippen molar-refractivity contribution in [3.63, 3.8) is 0 Å². The Balaban J connectivity index is 1.58. The zero-order valence-electron chi connectivity index (χ0n) is 21.8. The molecule has 1 aliphatic carbocycles. The van der Waals surface area contributed by atoms with Gasteiger partial charge in [-0.15, -0.1) is 13.2 Å². The van der Waals surface area contributed by atoms with Gasteiger partial charge >= 0.3 is 12.5 Å². The van der Waals surface area contributed by atoms with E-state index in [1.165, 1.54) is 24.3 Å². The number of sulfonamides is 1. The number of nitrogens with zero attached hydrogens (tertiary/aromatic N) is 1. The number of thiazole rings is 1. The highest BCUT2D eigenvalue weighted by molar-refractivity contribution is 7.93. The molecule has 1 aromatic heterocycles. The van der Waals surface area contributed by atoms with Gasteiger partial charge in [0.15, 0.2) is 10.9 Å². The smallest absolute Gasteiger partial charge is 0.396 e. The molecule has 0 unspecified atom stereocenters. The Kier molecular flexibility index (Phi) is 8.17. The van der Waals surface area contributed by atoms with Gasteiger partial charge in [-0.25, -0.2) is 17.8 Å². The van der Waals surface area contributed by atoms with E-state index in [0.29, 0.717) is 17.5 Å². The molecule has 0 bridgehead atoms. The van der Waals surface area contributed by atoms with Gasteiger partial charge in [-0.2, -0.15) is 13.2 Å². The largest absolute Gasteiger partial charge is 0.522 e. The van der Waals surface area contributed by atoms with Crippen LogP contribution in [0.2, 0.25) is 0 Å². The Bertz CT molecular complexity index is 1750. The maximum atomic E-state index is 14.6. The molecule has 0 spiro atoms. The number of ether oxygens (including phenoxy) is 1. The second kappa shape index (κ2) is 11.4. The Labute approximate surface area is 245 Å². The van der Waals surface area contributed by atoms with Crippen LogP contribution >= 0.6 is 11.3 Å². The fourth-order valence-electron chi connectivity index (χ4n) is 5.06. The number of anilines is 2. The van der Waals surface area contributed by atoms with Gasteiger partial charge in [-0.05, 0) is 60.6 Å². The predicted octanol–water partition coefficient (Wildman–Crippen LogP) is 8.19. The van der Waals surface area contributed by atoms with E-state index in [0.717, 1.165) is 29.5 Å². The first-order valence-corrected chi connectivity index (χ1v) is 15.0. The molecule has 3 N–H and O–H groups in total. The maximum absolute atomic E-state index is 14.6. The van der Waals surface area contributed by atoms with Crippen molar-refractivity contribution in [2.45, 2.75) is 48.7 Å². The molecule has 0 aliphatic heterocycles. The van der Waals surface area contributed by atoms with Gasteiger partial charge in [0.05, 0.1) is 27.9 Å². The van der Waals surface area contributed by atoms with E-state index in [2.05, 4.69) is 14.4 Å². The summed E-state index contributed by atoms with van der Waals surface area (Å²) in [4.78, 5) is 3.58. The van der Waals surface area contributed by atoms with Crippen LogP contribution < -0.4 is 10.5 Å². The van der Waals surface area contributed by atoms with Crippen LogP contribution in [0.4, 0.5) is 41.6 Å². The summed E-state index contributed by atoms with van der Waals surface area (Å²) in [6.07, 6.45) is -9.92. The highest BCUT2D eigenvalue weighted by atomic mass is 32.2. The lowest BCUT2D eigenvalue weighted by Crippen LogP contribution is -2.21. The summed E-state index contributed by atoms with van der Waals surface area (Å²) in [6, 6.07) is 14.5. The molecule has 1 heterocycles. The van der Waals surface area contributed by atoms with Crippen molar-refractivity contribution in [1.29, 1.82) is 0 Å². The summed E-state index contributed by atoms with van der Waals surface area (Å²) in [5, 5.41) is -0.339. The van der Waals surface area contributed by atoms with Gasteiger partial charge in [0.1, 0.15) is 4.90 Å². The lowest BCUT2D eigenvalue weighted by atomic mass is 9.94. The minimum Gasteiger partial charge on any atom is -0.396 e. The number of halogens is 7. The Hall–Kier alpha value is -3.69. The predicted molar refractivity (Wildman–Crippen MR) is 147 cm³/mol. The molecule has 4 aromatic rings. The van der Waals surface area contributed by atoms with Crippen molar-refractivity contribution in [1.82, 2.24) is 4.98 Å². The fourth-order valence-corrected chi connectivity index (χ4v) is 7.38. The van der Waals surface area contributed by atoms with E-state index in [-0.39, 0.29) is 40.0 Å². The Morgan fingerprint density at radius 3 is 2.40 bits per heavy atom. The van der Waals surface area contributed by atoms with Crippen LogP contribution in [0.15, 0.2) is 71.6 Å². The molecule has 1 fully saturated rings. The summed E-state index contributed by atoms with van der Waals surface area (Å²) in [7, 11) is -4.60. The molecule has 0 saturated heterocycles. The molecule has 0 amide bonds. The summed E-state index contributed by atoms with van der Waals surface area (Å²) in [5.74, 6) is -1.51. The van der Waals surface area contributed by atoms with Gasteiger partial charge in [-0.3, -0.25) is 9.46 Å². The van der Waals surface area contributed by atoms with Crippen molar-refractivity contribution in [2.75, 3.05) is 10.5 Å². The van der Waals surface area contributed by atoms with Gasteiger partial charge in [-0.1, -0.05) is 53.8 Å². The highest BCUT2D eigenvalue weighted by Crippen LogP contribution is 2.46. The highest BCUT2D eigenvalue weighted by Gasteiger charge is 2.38. The zero-order valence-corrected chi connectivity index (χ0v) is 23.5. The molecular weight excluding hydrogens is 623 g/mol. The van der Waals surface area contributed by atoms with Crippen molar-refractivity contribution >= 4 is 32.2 Å². The third-order valence-electron chi connectivity index (χ3n) is 6.92. The quantitative estimate of drug-likeness (QED) is 0.156. The van der Waals surface area contributed by atoms with Crippen molar-refractivity contribution < 1.29 is 43.9 Å². The molecule has 43 heavy (non-hydrogen) atoms. The molecule has 228 valence electrons. The number of nitrogens with one attached hydrogen (secondary N) is 1. The van der Waals surface area contributed by atoms with E-state index in [4.69, 9.17) is 5.73 Å². The van der Waals surface area contributed by atoms with Crippen LogP contribution in [0.1, 0.15) is 36.3 Å². The molecule has 6 nitrogen and oxygen atoms in total. The van der Waals surface area contributed by atoms with Crippen LogP contribution in [0, 0.1) is 5.82 Å². The maximum Gasteiger partial charge on any atom is 0.522 e. The van der Waals surface area contributed by atoms with Gasteiger partial charge in [0, 0.05) is 5.56 Å². The third-order valence-corrected chi connectivity index (χ3v) is 9.43. The molecule has 1 saturated carbocycles. The first-order valence-electron chi connectivity index (χ1n) is 12.7. The van der Waals surface area contributed by atoms with E-state index in [1.54, 1.807) is 24.3 Å². The monoisotopic (exact) mass is 645 g/mol. The minimum atomic E-state index is -4.78.